The Morgan fingerprint density at radius 1 is 1.24 bits per heavy atom. The van der Waals surface area contributed by atoms with E-state index in [-0.39, 0.29) is 0 Å². The summed E-state index contributed by atoms with van der Waals surface area (Å²) >= 11 is 1.40. The first-order valence-electron chi connectivity index (χ1n) is 6.19. The average Bonchev–Trinajstić information content (AvgIpc) is 2.81. The predicted molar refractivity (Wildman–Crippen MR) is 82.5 cm³/mol. The number of thioether (sulfide) groups is 1. The van der Waals surface area contributed by atoms with E-state index in [4.69, 9.17) is 11.5 Å². The lowest BCUT2D eigenvalue weighted by atomic mass is 10.2. The molecule has 0 amide bonds. The quantitative estimate of drug-likeness (QED) is 0.566. The van der Waals surface area contributed by atoms with Crippen LogP contribution in [0.2, 0.25) is 0 Å². The molecule has 4 N–H and O–H groups in total. The fourth-order valence-electron chi connectivity index (χ4n) is 2.08. The second kappa shape index (κ2) is 5.34. The Morgan fingerprint density at radius 3 is 2.71 bits per heavy atom. The van der Waals surface area contributed by atoms with Crippen LogP contribution in [-0.4, -0.2) is 14.4 Å². The van der Waals surface area contributed by atoms with Crippen LogP contribution >= 0.6 is 11.8 Å². The lowest BCUT2D eigenvalue weighted by Gasteiger charge is -2.01. The predicted octanol–water partition coefficient (Wildman–Crippen LogP) is 2.06. The SMILES string of the molecule is N#Cc1c(CSc2nc(N)cc(N)n2)cn2ccccc12. The number of aromatic nitrogens is 3. The molecule has 104 valence electrons. The molecule has 3 rings (SSSR count). The molecule has 0 spiro atoms. The van der Waals surface area contributed by atoms with E-state index in [9.17, 15) is 5.26 Å². The highest BCUT2D eigenvalue weighted by Gasteiger charge is 2.11. The number of nitrogens with two attached hydrogens (primary N) is 2. The van der Waals surface area contributed by atoms with E-state index in [1.165, 1.54) is 17.8 Å². The second-order valence-electron chi connectivity index (χ2n) is 4.42. The van der Waals surface area contributed by atoms with Crippen molar-refractivity contribution in [2.45, 2.75) is 10.9 Å². The van der Waals surface area contributed by atoms with Gasteiger partial charge in [0.1, 0.15) is 17.7 Å². The first kappa shape index (κ1) is 13.3. The smallest absolute Gasteiger partial charge is 0.191 e. The summed E-state index contributed by atoms with van der Waals surface area (Å²) in [4.78, 5) is 8.24. The fourth-order valence-corrected chi connectivity index (χ4v) is 2.93. The van der Waals surface area contributed by atoms with Crippen LogP contribution in [0.15, 0.2) is 41.8 Å². The number of nitrogens with zero attached hydrogens (tertiary/aromatic N) is 4. The maximum Gasteiger partial charge on any atom is 0.191 e. The van der Waals surface area contributed by atoms with Gasteiger partial charge < -0.3 is 15.9 Å². The second-order valence-corrected chi connectivity index (χ2v) is 5.37. The minimum atomic E-state index is 0.340. The molecule has 0 fully saturated rings. The van der Waals surface area contributed by atoms with Gasteiger partial charge in [-0.25, -0.2) is 9.97 Å². The molecule has 0 saturated carbocycles. The molecule has 0 saturated heterocycles. The summed E-state index contributed by atoms with van der Waals surface area (Å²) in [5.41, 5.74) is 13.8. The van der Waals surface area contributed by atoms with E-state index in [1.54, 1.807) is 0 Å². The molecule has 3 aromatic rings. The van der Waals surface area contributed by atoms with Crippen molar-refractivity contribution in [2.75, 3.05) is 11.5 Å². The third-order valence-corrected chi connectivity index (χ3v) is 3.87. The van der Waals surface area contributed by atoms with Crippen molar-refractivity contribution in [2.24, 2.45) is 0 Å². The Bertz CT molecular complexity index is 828. The highest BCUT2D eigenvalue weighted by atomic mass is 32.2. The molecule has 0 bridgehead atoms. The number of nitriles is 1. The molecule has 3 heterocycles. The molecular weight excluding hydrogens is 284 g/mol. The van der Waals surface area contributed by atoms with Crippen LogP contribution in [0.3, 0.4) is 0 Å². The molecule has 3 aromatic heterocycles. The van der Waals surface area contributed by atoms with E-state index in [0.717, 1.165) is 11.1 Å². The molecule has 0 unspecified atom stereocenters. The van der Waals surface area contributed by atoms with Crippen molar-refractivity contribution in [3.8, 4) is 6.07 Å². The first-order valence-corrected chi connectivity index (χ1v) is 7.17. The molecule has 0 atom stereocenters. The van der Waals surface area contributed by atoms with Crippen LogP contribution in [0.25, 0.3) is 5.52 Å². The number of hydrogen-bond donors (Lipinski definition) is 2. The maximum absolute atomic E-state index is 9.35. The first-order chi connectivity index (χ1) is 10.2. The van der Waals surface area contributed by atoms with Gasteiger partial charge in [0.05, 0.1) is 11.1 Å². The lowest BCUT2D eigenvalue weighted by molar-refractivity contribution is 0.984. The summed E-state index contributed by atoms with van der Waals surface area (Å²) in [5.74, 6) is 1.26. The van der Waals surface area contributed by atoms with E-state index in [1.807, 2.05) is 35.0 Å². The Labute approximate surface area is 125 Å². The highest BCUT2D eigenvalue weighted by molar-refractivity contribution is 7.98. The van der Waals surface area contributed by atoms with Crippen molar-refractivity contribution in [1.29, 1.82) is 5.26 Å². The summed E-state index contributed by atoms with van der Waals surface area (Å²) in [6.45, 7) is 0. The van der Waals surface area contributed by atoms with Crippen molar-refractivity contribution < 1.29 is 0 Å². The Kier molecular flexibility index (Phi) is 3.38. The van der Waals surface area contributed by atoms with Crippen LogP contribution in [-0.2, 0) is 5.75 Å². The maximum atomic E-state index is 9.35. The number of hydrogen-bond acceptors (Lipinski definition) is 6. The largest absolute Gasteiger partial charge is 0.383 e. The van der Waals surface area contributed by atoms with Gasteiger partial charge in [0, 0.05) is 24.2 Å². The number of fused-ring (bicyclic) bond motifs is 1. The van der Waals surface area contributed by atoms with Gasteiger partial charge in [-0.05, 0) is 17.7 Å². The normalized spacial score (nSPS) is 10.6. The zero-order valence-corrected chi connectivity index (χ0v) is 11.8. The summed E-state index contributed by atoms with van der Waals surface area (Å²) in [5, 5.41) is 9.85. The standard InChI is InChI=1S/C14H12N6S/c15-6-10-9(7-20-4-2-1-3-11(10)20)8-21-14-18-12(16)5-13(17)19-14/h1-5,7H,8H2,(H4,16,17,18,19). The van der Waals surface area contributed by atoms with E-state index >= 15 is 0 Å². The van der Waals surface area contributed by atoms with Gasteiger partial charge in [-0.2, -0.15) is 5.26 Å². The van der Waals surface area contributed by atoms with Crippen molar-refractivity contribution in [3.05, 3.63) is 47.8 Å². The third kappa shape index (κ3) is 2.61. The summed E-state index contributed by atoms with van der Waals surface area (Å²) in [7, 11) is 0. The minimum absolute atomic E-state index is 0.340. The zero-order valence-electron chi connectivity index (χ0n) is 11.0. The monoisotopic (exact) mass is 296 g/mol. The van der Waals surface area contributed by atoms with Crippen LogP contribution in [0.4, 0.5) is 11.6 Å². The van der Waals surface area contributed by atoms with E-state index in [0.29, 0.717) is 28.1 Å². The Morgan fingerprint density at radius 2 is 2.00 bits per heavy atom. The van der Waals surface area contributed by atoms with Gasteiger partial charge in [-0.15, -0.1) is 0 Å². The van der Waals surface area contributed by atoms with Crippen LogP contribution in [0.5, 0.6) is 0 Å². The molecular formula is C14H12N6S. The molecule has 6 nitrogen and oxygen atoms in total. The average molecular weight is 296 g/mol. The minimum Gasteiger partial charge on any atom is -0.383 e. The van der Waals surface area contributed by atoms with Crippen LogP contribution in [0.1, 0.15) is 11.1 Å². The van der Waals surface area contributed by atoms with Crippen LogP contribution in [0, 0.1) is 11.3 Å². The van der Waals surface area contributed by atoms with Gasteiger partial charge in [0.25, 0.3) is 0 Å². The van der Waals surface area contributed by atoms with Crippen molar-refractivity contribution in [1.82, 2.24) is 14.4 Å². The molecule has 21 heavy (non-hydrogen) atoms. The number of rotatable bonds is 3. The number of pyridine rings is 1. The van der Waals surface area contributed by atoms with Crippen molar-refractivity contribution >= 4 is 28.9 Å². The van der Waals surface area contributed by atoms with Crippen molar-refractivity contribution in [3.63, 3.8) is 0 Å². The van der Waals surface area contributed by atoms with Gasteiger partial charge in [0.2, 0.25) is 0 Å². The summed E-state index contributed by atoms with van der Waals surface area (Å²) in [6.07, 6.45) is 3.86. The Balaban J connectivity index is 1.90. The molecule has 0 aliphatic rings. The van der Waals surface area contributed by atoms with Gasteiger partial charge in [-0.3, -0.25) is 0 Å². The highest BCUT2D eigenvalue weighted by Crippen LogP contribution is 2.26. The summed E-state index contributed by atoms with van der Waals surface area (Å²) in [6, 6.07) is 9.52. The molecule has 0 aromatic carbocycles. The Hall–Kier alpha value is -2.72. The number of nitrogen functional groups attached to an aromatic ring is 2. The fraction of sp³-hybridized carbons (Fsp3) is 0.0714. The lowest BCUT2D eigenvalue weighted by Crippen LogP contribution is -1.99. The van der Waals surface area contributed by atoms with E-state index < -0.39 is 0 Å². The molecule has 0 aliphatic carbocycles. The number of anilines is 2. The zero-order chi connectivity index (χ0) is 14.8. The molecule has 0 radical (unpaired) electrons. The molecule has 7 heteroatoms. The van der Waals surface area contributed by atoms with Crippen LogP contribution < -0.4 is 11.5 Å². The van der Waals surface area contributed by atoms with Gasteiger partial charge in [0.15, 0.2) is 5.16 Å². The third-order valence-electron chi connectivity index (χ3n) is 2.98. The molecule has 0 aliphatic heterocycles. The summed E-state index contributed by atoms with van der Waals surface area (Å²) < 4.78 is 1.93. The topological polar surface area (TPSA) is 106 Å². The van der Waals surface area contributed by atoms with Gasteiger partial charge in [-0.1, -0.05) is 17.8 Å². The van der Waals surface area contributed by atoms with Gasteiger partial charge >= 0.3 is 0 Å². The van der Waals surface area contributed by atoms with E-state index in [2.05, 4.69) is 16.0 Å².